The summed E-state index contributed by atoms with van der Waals surface area (Å²) in [5, 5.41) is 9.55. The lowest BCUT2D eigenvalue weighted by Crippen LogP contribution is -2.15. The molecule has 2 aromatic heterocycles. The lowest BCUT2D eigenvalue weighted by Gasteiger charge is -2.14. The summed E-state index contributed by atoms with van der Waals surface area (Å²) in [5.74, 6) is 1.65. The molecular weight excluding hydrogens is 410 g/mol. The lowest BCUT2D eigenvalue weighted by molar-refractivity contribution is 0.602. The number of fused-ring (bicyclic) bond motifs is 2. The predicted molar refractivity (Wildman–Crippen MR) is 120 cm³/mol. The van der Waals surface area contributed by atoms with Crippen molar-refractivity contribution in [1.82, 2.24) is 19.7 Å². The van der Waals surface area contributed by atoms with E-state index in [-0.39, 0.29) is 4.90 Å². The highest BCUT2D eigenvalue weighted by molar-refractivity contribution is 7.93. The zero-order valence-electron chi connectivity index (χ0n) is 17.2. The third-order valence-corrected chi connectivity index (χ3v) is 7.02. The minimum Gasteiger partial charge on any atom is -0.311 e. The van der Waals surface area contributed by atoms with Crippen LogP contribution in [0.1, 0.15) is 30.7 Å². The molecule has 2 aromatic carbocycles. The Morgan fingerprint density at radius 2 is 1.87 bits per heavy atom. The summed E-state index contributed by atoms with van der Waals surface area (Å²) >= 11 is 0. The maximum Gasteiger partial charge on any atom is 0.264 e. The number of pyridine rings is 1. The van der Waals surface area contributed by atoms with Crippen LogP contribution in [0, 0.1) is 6.92 Å². The number of aryl methyl sites for hydroxylation is 2. The molecule has 3 heterocycles. The fourth-order valence-electron chi connectivity index (χ4n) is 4.11. The van der Waals surface area contributed by atoms with Crippen LogP contribution in [-0.2, 0) is 23.0 Å². The van der Waals surface area contributed by atoms with E-state index in [4.69, 9.17) is 0 Å². The minimum atomic E-state index is -3.86. The second-order valence-corrected chi connectivity index (χ2v) is 9.54. The first-order valence-electron chi connectivity index (χ1n) is 10.4. The van der Waals surface area contributed by atoms with E-state index in [2.05, 4.69) is 24.5 Å². The Labute approximate surface area is 181 Å². The maximum absolute atomic E-state index is 13.4. The molecule has 31 heavy (non-hydrogen) atoms. The lowest BCUT2D eigenvalue weighted by atomic mass is 10.1. The van der Waals surface area contributed by atoms with Crippen LogP contribution in [0.25, 0.3) is 22.3 Å². The normalized spacial score (nSPS) is 14.2. The van der Waals surface area contributed by atoms with Crippen molar-refractivity contribution in [1.29, 1.82) is 0 Å². The van der Waals surface area contributed by atoms with Gasteiger partial charge in [-0.05, 0) is 49.6 Å². The van der Waals surface area contributed by atoms with E-state index in [9.17, 15) is 8.42 Å². The number of hydrogen-bond donors (Lipinski definition) is 1. The molecule has 7 nitrogen and oxygen atoms in total. The van der Waals surface area contributed by atoms with E-state index in [0.717, 1.165) is 54.6 Å². The number of nitrogens with zero attached hydrogens (tertiary/aromatic N) is 4. The van der Waals surface area contributed by atoms with Gasteiger partial charge in [0.15, 0.2) is 5.82 Å². The first-order valence-corrected chi connectivity index (χ1v) is 11.9. The van der Waals surface area contributed by atoms with Crippen molar-refractivity contribution in [3.05, 3.63) is 66.1 Å². The van der Waals surface area contributed by atoms with Crippen LogP contribution in [0.4, 0.5) is 5.69 Å². The van der Waals surface area contributed by atoms with Gasteiger partial charge in [-0.3, -0.25) is 9.71 Å². The van der Waals surface area contributed by atoms with Gasteiger partial charge in [0.05, 0.1) is 11.2 Å². The molecule has 0 spiro atoms. The largest absolute Gasteiger partial charge is 0.311 e. The van der Waals surface area contributed by atoms with Crippen molar-refractivity contribution in [2.45, 2.75) is 44.0 Å². The first kappa shape index (κ1) is 19.7. The van der Waals surface area contributed by atoms with E-state index < -0.39 is 10.0 Å². The van der Waals surface area contributed by atoms with Gasteiger partial charge in [-0.1, -0.05) is 30.7 Å². The average Bonchev–Trinajstić information content (AvgIpc) is 3.01. The Kier molecular flexibility index (Phi) is 4.94. The van der Waals surface area contributed by atoms with Crippen molar-refractivity contribution in [3.8, 4) is 11.4 Å². The van der Waals surface area contributed by atoms with Gasteiger partial charge in [0.2, 0.25) is 0 Å². The van der Waals surface area contributed by atoms with Gasteiger partial charge in [-0.25, -0.2) is 8.42 Å². The van der Waals surface area contributed by atoms with E-state index in [0.29, 0.717) is 17.0 Å². The number of para-hydroxylation sites is 2. The van der Waals surface area contributed by atoms with Crippen LogP contribution >= 0.6 is 0 Å². The molecule has 1 N–H and O–H groups in total. The van der Waals surface area contributed by atoms with Crippen molar-refractivity contribution in [2.24, 2.45) is 0 Å². The number of anilines is 1. The van der Waals surface area contributed by atoms with Crippen LogP contribution in [0.3, 0.4) is 0 Å². The van der Waals surface area contributed by atoms with E-state index in [1.165, 1.54) is 0 Å². The Balaban J connectivity index is 1.57. The molecule has 0 amide bonds. The second-order valence-electron chi connectivity index (χ2n) is 7.89. The molecule has 5 rings (SSSR count). The summed E-state index contributed by atoms with van der Waals surface area (Å²) in [6, 6.07) is 14.5. The molecule has 0 radical (unpaired) electrons. The van der Waals surface area contributed by atoms with Gasteiger partial charge < -0.3 is 4.57 Å². The smallest absolute Gasteiger partial charge is 0.264 e. The predicted octanol–water partition coefficient (Wildman–Crippen LogP) is 4.33. The number of rotatable bonds is 4. The first-order chi connectivity index (χ1) is 15.0. The average molecular weight is 434 g/mol. The van der Waals surface area contributed by atoms with Gasteiger partial charge in [0.25, 0.3) is 10.0 Å². The standard InChI is InChI=1S/C23H23N5O2S/c1-16-14-17-8-7-11-20(22(17)24-15-16)31(29,30)27-19-10-5-4-9-18(19)23-26-25-21-12-3-2-6-13-28(21)23/h4-5,7-11,14-15,27H,2-3,6,12-13H2,1H3. The molecule has 0 aliphatic carbocycles. The Bertz CT molecular complexity index is 1380. The summed E-state index contributed by atoms with van der Waals surface area (Å²) in [7, 11) is -3.86. The van der Waals surface area contributed by atoms with Crippen LogP contribution in [-0.4, -0.2) is 28.2 Å². The monoisotopic (exact) mass is 433 g/mol. The van der Waals surface area contributed by atoms with Gasteiger partial charge in [0.1, 0.15) is 10.7 Å². The second kappa shape index (κ2) is 7.77. The maximum atomic E-state index is 13.4. The molecule has 8 heteroatoms. The molecule has 0 bridgehead atoms. The molecule has 1 aliphatic rings. The highest BCUT2D eigenvalue weighted by atomic mass is 32.2. The molecule has 0 saturated carbocycles. The van der Waals surface area contributed by atoms with E-state index in [1.54, 1.807) is 24.4 Å². The van der Waals surface area contributed by atoms with Crippen LogP contribution < -0.4 is 4.72 Å². The molecule has 0 atom stereocenters. The van der Waals surface area contributed by atoms with E-state index in [1.807, 2.05) is 37.3 Å². The van der Waals surface area contributed by atoms with Crippen LogP contribution in [0.2, 0.25) is 0 Å². The van der Waals surface area contributed by atoms with Crippen LogP contribution in [0.15, 0.2) is 59.6 Å². The number of sulfonamides is 1. The number of aromatic nitrogens is 4. The SMILES string of the molecule is Cc1cnc2c(S(=O)(=O)Nc3ccccc3-c3nnc4n3CCCCC4)cccc2c1. The molecule has 0 unspecified atom stereocenters. The fraction of sp³-hybridized carbons (Fsp3) is 0.261. The summed E-state index contributed by atoms with van der Waals surface area (Å²) in [6.07, 6.45) is 5.89. The summed E-state index contributed by atoms with van der Waals surface area (Å²) in [4.78, 5) is 4.54. The Hall–Kier alpha value is -3.26. The summed E-state index contributed by atoms with van der Waals surface area (Å²) < 4.78 is 31.6. The zero-order valence-corrected chi connectivity index (χ0v) is 18.1. The fourth-order valence-corrected chi connectivity index (χ4v) is 5.37. The van der Waals surface area contributed by atoms with E-state index >= 15 is 0 Å². The quantitative estimate of drug-likeness (QED) is 0.517. The zero-order chi connectivity index (χ0) is 21.4. The van der Waals surface area contributed by atoms with Gasteiger partial charge in [-0.15, -0.1) is 10.2 Å². The molecule has 4 aromatic rings. The number of nitrogens with one attached hydrogen (secondary N) is 1. The summed E-state index contributed by atoms with van der Waals surface area (Å²) in [5.41, 5.74) is 2.63. The highest BCUT2D eigenvalue weighted by Crippen LogP contribution is 2.31. The minimum absolute atomic E-state index is 0.153. The molecule has 1 aliphatic heterocycles. The molecule has 0 saturated heterocycles. The molecule has 0 fully saturated rings. The van der Waals surface area contributed by atoms with Crippen molar-refractivity contribution < 1.29 is 8.42 Å². The topological polar surface area (TPSA) is 89.8 Å². The van der Waals surface area contributed by atoms with Crippen molar-refractivity contribution in [3.63, 3.8) is 0 Å². The Morgan fingerprint density at radius 3 is 2.77 bits per heavy atom. The highest BCUT2D eigenvalue weighted by Gasteiger charge is 2.23. The van der Waals surface area contributed by atoms with Crippen molar-refractivity contribution >= 4 is 26.6 Å². The van der Waals surface area contributed by atoms with Gasteiger partial charge >= 0.3 is 0 Å². The van der Waals surface area contributed by atoms with Crippen LogP contribution in [0.5, 0.6) is 0 Å². The Morgan fingerprint density at radius 1 is 1.00 bits per heavy atom. The van der Waals surface area contributed by atoms with Crippen molar-refractivity contribution in [2.75, 3.05) is 4.72 Å². The number of benzene rings is 2. The van der Waals surface area contributed by atoms with Gasteiger partial charge in [0, 0.05) is 30.1 Å². The third-order valence-electron chi connectivity index (χ3n) is 5.62. The van der Waals surface area contributed by atoms with Gasteiger partial charge in [-0.2, -0.15) is 0 Å². The third kappa shape index (κ3) is 3.67. The molecular formula is C23H23N5O2S. The summed E-state index contributed by atoms with van der Waals surface area (Å²) in [6.45, 7) is 2.77. The molecule has 158 valence electrons. The number of hydrogen-bond acceptors (Lipinski definition) is 5.